The van der Waals surface area contributed by atoms with Crippen LogP contribution in [0, 0.1) is 0 Å². The predicted molar refractivity (Wildman–Crippen MR) is 109 cm³/mol. The summed E-state index contributed by atoms with van der Waals surface area (Å²) in [4.78, 5) is 6.85. The first kappa shape index (κ1) is 20.9. The number of aryl methyl sites for hydroxylation is 1. The number of guanidine groups is 1. The highest BCUT2D eigenvalue weighted by Crippen LogP contribution is 2.18. The Kier molecular flexibility index (Phi) is 7.38. The van der Waals surface area contributed by atoms with E-state index in [1.54, 1.807) is 17.8 Å². The Morgan fingerprint density at radius 3 is 2.56 bits per heavy atom. The van der Waals surface area contributed by atoms with Gasteiger partial charge in [-0.2, -0.15) is 5.10 Å². The number of aliphatic imine (C=N–C) groups is 1. The van der Waals surface area contributed by atoms with E-state index in [1.807, 2.05) is 26.2 Å². The minimum absolute atomic E-state index is 0.337. The molecule has 148 valence electrons. The zero-order chi connectivity index (χ0) is 19.9. The van der Waals surface area contributed by atoms with Crippen molar-refractivity contribution in [3.63, 3.8) is 0 Å². The fourth-order valence-corrected chi connectivity index (χ4v) is 2.77. The van der Waals surface area contributed by atoms with Gasteiger partial charge < -0.3 is 20.6 Å². The highest BCUT2D eigenvalue weighted by atomic mass is 16.3. The first-order valence-corrected chi connectivity index (χ1v) is 9.27. The van der Waals surface area contributed by atoms with Crippen LogP contribution in [0.5, 0.6) is 0 Å². The maximum absolute atomic E-state index is 10.7. The van der Waals surface area contributed by atoms with Gasteiger partial charge in [0.05, 0.1) is 19.3 Å². The van der Waals surface area contributed by atoms with Gasteiger partial charge in [0, 0.05) is 31.9 Å². The third-order valence-electron chi connectivity index (χ3n) is 4.28. The minimum Gasteiger partial charge on any atom is -0.383 e. The van der Waals surface area contributed by atoms with E-state index in [1.165, 1.54) is 11.1 Å². The lowest BCUT2D eigenvalue weighted by molar-refractivity contribution is 0.0616. The van der Waals surface area contributed by atoms with Gasteiger partial charge in [0.1, 0.15) is 5.60 Å². The summed E-state index contributed by atoms with van der Waals surface area (Å²) in [7, 11) is 5.96. The molecular formula is C20H32N6O. The number of aliphatic hydroxyl groups is 1. The summed E-state index contributed by atoms with van der Waals surface area (Å²) in [6.45, 7) is 6.34. The molecule has 1 aromatic carbocycles. The highest BCUT2D eigenvalue weighted by Gasteiger charge is 2.25. The molecule has 1 aromatic heterocycles. The Labute approximate surface area is 162 Å². The van der Waals surface area contributed by atoms with Gasteiger partial charge in [-0.3, -0.25) is 4.68 Å². The maximum atomic E-state index is 10.7. The molecule has 1 atom stereocenters. The highest BCUT2D eigenvalue weighted by molar-refractivity contribution is 5.79. The lowest BCUT2D eigenvalue weighted by atomic mass is 10.00. The number of hydrogen-bond donors (Lipinski definition) is 3. The number of nitrogens with zero attached hydrogens (tertiary/aromatic N) is 4. The molecule has 27 heavy (non-hydrogen) atoms. The van der Waals surface area contributed by atoms with Crippen molar-refractivity contribution in [1.82, 2.24) is 25.3 Å². The van der Waals surface area contributed by atoms with Crippen LogP contribution in [0.4, 0.5) is 0 Å². The molecule has 7 heteroatoms. The molecule has 0 spiro atoms. The molecular weight excluding hydrogens is 340 g/mol. The van der Waals surface area contributed by atoms with Gasteiger partial charge in [-0.25, -0.2) is 4.99 Å². The fourth-order valence-electron chi connectivity index (χ4n) is 2.77. The largest absolute Gasteiger partial charge is 0.383 e. The molecule has 0 amide bonds. The van der Waals surface area contributed by atoms with Crippen LogP contribution in [0.15, 0.2) is 41.7 Å². The van der Waals surface area contributed by atoms with E-state index in [9.17, 15) is 5.11 Å². The molecule has 0 bridgehead atoms. The van der Waals surface area contributed by atoms with Crippen molar-refractivity contribution in [3.8, 4) is 0 Å². The third-order valence-corrected chi connectivity index (χ3v) is 4.28. The normalized spacial score (nSPS) is 14.3. The van der Waals surface area contributed by atoms with E-state index < -0.39 is 5.60 Å². The van der Waals surface area contributed by atoms with Crippen molar-refractivity contribution >= 4 is 5.96 Å². The average molecular weight is 373 g/mol. The molecule has 3 N–H and O–H groups in total. The van der Waals surface area contributed by atoms with Gasteiger partial charge in [-0.15, -0.1) is 0 Å². The topological polar surface area (TPSA) is 77.7 Å². The number of benzene rings is 1. The second-order valence-corrected chi connectivity index (χ2v) is 7.23. The van der Waals surface area contributed by atoms with Crippen molar-refractivity contribution in [2.45, 2.75) is 32.5 Å². The van der Waals surface area contributed by atoms with Crippen molar-refractivity contribution in [3.05, 3.63) is 53.3 Å². The molecule has 0 radical (unpaired) electrons. The Morgan fingerprint density at radius 1 is 1.26 bits per heavy atom. The minimum atomic E-state index is -1.03. The summed E-state index contributed by atoms with van der Waals surface area (Å²) in [5.41, 5.74) is 2.20. The van der Waals surface area contributed by atoms with Gasteiger partial charge >= 0.3 is 0 Å². The second kappa shape index (κ2) is 9.53. The monoisotopic (exact) mass is 372 g/mol. The molecule has 0 saturated heterocycles. The van der Waals surface area contributed by atoms with Gasteiger partial charge in [0.15, 0.2) is 5.96 Å². The summed E-state index contributed by atoms with van der Waals surface area (Å²) in [6.07, 6.45) is 3.51. The summed E-state index contributed by atoms with van der Waals surface area (Å²) >= 11 is 0. The molecule has 1 unspecified atom stereocenters. The van der Waals surface area contributed by atoms with Crippen molar-refractivity contribution in [2.75, 3.05) is 27.2 Å². The van der Waals surface area contributed by atoms with Gasteiger partial charge in [0.25, 0.3) is 0 Å². The van der Waals surface area contributed by atoms with Crippen LogP contribution < -0.4 is 10.6 Å². The van der Waals surface area contributed by atoms with Crippen LogP contribution in [0.25, 0.3) is 0 Å². The Bertz CT molecular complexity index is 750. The van der Waals surface area contributed by atoms with E-state index in [-0.39, 0.29) is 0 Å². The maximum Gasteiger partial charge on any atom is 0.191 e. The van der Waals surface area contributed by atoms with Crippen molar-refractivity contribution in [1.29, 1.82) is 0 Å². The number of hydrogen-bond acceptors (Lipinski definition) is 4. The Morgan fingerprint density at radius 2 is 1.96 bits per heavy atom. The van der Waals surface area contributed by atoms with E-state index >= 15 is 0 Å². The summed E-state index contributed by atoms with van der Waals surface area (Å²) in [6, 6.07) is 8.34. The molecule has 2 aromatic rings. The number of rotatable bonds is 8. The lowest BCUT2D eigenvalue weighted by Crippen LogP contribution is -2.44. The van der Waals surface area contributed by atoms with E-state index in [0.717, 1.165) is 18.7 Å². The number of aromatic nitrogens is 2. The lowest BCUT2D eigenvalue weighted by Gasteiger charge is -2.23. The first-order chi connectivity index (χ1) is 12.8. The zero-order valence-corrected chi connectivity index (χ0v) is 17.0. The summed E-state index contributed by atoms with van der Waals surface area (Å²) in [5, 5.41) is 21.4. The van der Waals surface area contributed by atoms with Crippen LogP contribution in [0.1, 0.15) is 30.5 Å². The van der Waals surface area contributed by atoms with Crippen LogP contribution >= 0.6 is 0 Å². The Balaban J connectivity index is 2.06. The third kappa shape index (κ3) is 6.37. The van der Waals surface area contributed by atoms with Crippen LogP contribution in [0.2, 0.25) is 0 Å². The predicted octanol–water partition coefficient (Wildman–Crippen LogP) is 1.44. The zero-order valence-electron chi connectivity index (χ0n) is 17.0. The number of nitrogens with one attached hydrogen (secondary N) is 2. The summed E-state index contributed by atoms with van der Waals surface area (Å²) in [5.74, 6) is 0.682. The van der Waals surface area contributed by atoms with Crippen LogP contribution in [-0.2, 0) is 25.7 Å². The molecule has 0 aliphatic heterocycles. The average Bonchev–Trinajstić information content (AvgIpc) is 3.05. The quantitative estimate of drug-likeness (QED) is 0.483. The fraction of sp³-hybridized carbons (Fsp3) is 0.500. The van der Waals surface area contributed by atoms with Crippen LogP contribution in [-0.4, -0.2) is 52.9 Å². The standard InChI is InChI=1S/C20H32N6O/c1-6-21-19(23-15-20(2,27)18-12-24-26(5)14-18)22-11-16-9-7-8-10-17(16)13-25(3)4/h7-10,12,14,27H,6,11,13,15H2,1-5H3,(H2,21,22,23). The summed E-state index contributed by atoms with van der Waals surface area (Å²) < 4.78 is 1.69. The van der Waals surface area contributed by atoms with E-state index in [2.05, 4.69) is 52.9 Å². The molecule has 2 rings (SSSR count). The SMILES string of the molecule is CCNC(=NCc1ccccc1CN(C)C)NCC(C)(O)c1cnn(C)c1. The molecule has 7 nitrogen and oxygen atoms in total. The van der Waals surface area contributed by atoms with Crippen molar-refractivity contribution < 1.29 is 5.11 Å². The first-order valence-electron chi connectivity index (χ1n) is 9.27. The molecule has 0 saturated carbocycles. The van der Waals surface area contributed by atoms with Gasteiger partial charge in [-0.1, -0.05) is 24.3 Å². The molecule has 0 fully saturated rings. The molecule has 1 heterocycles. The van der Waals surface area contributed by atoms with Gasteiger partial charge in [-0.05, 0) is 39.1 Å². The van der Waals surface area contributed by atoms with Gasteiger partial charge in [0.2, 0.25) is 0 Å². The smallest absolute Gasteiger partial charge is 0.191 e. The van der Waals surface area contributed by atoms with E-state index in [4.69, 9.17) is 4.99 Å². The van der Waals surface area contributed by atoms with Crippen molar-refractivity contribution in [2.24, 2.45) is 12.0 Å². The Hall–Kier alpha value is -2.38. The second-order valence-electron chi connectivity index (χ2n) is 7.23. The van der Waals surface area contributed by atoms with Crippen LogP contribution in [0.3, 0.4) is 0 Å². The van der Waals surface area contributed by atoms with E-state index in [0.29, 0.717) is 19.0 Å². The molecule has 0 aliphatic rings. The molecule has 0 aliphatic carbocycles.